The summed E-state index contributed by atoms with van der Waals surface area (Å²) < 4.78 is 4.99. The standard InChI is InChI=1S/C22H31N3O4/c1-15(2)25-20(27)17-9-7-6-8-16(17)19(21(28)23(3)4)22(25)10-12-24(13-11-22)18(26)14-29-5/h6-9,15,19H,10-14H2,1-5H3. The lowest BCUT2D eigenvalue weighted by atomic mass is 9.66. The Balaban J connectivity index is 2.09. The summed E-state index contributed by atoms with van der Waals surface area (Å²) in [5.41, 5.74) is 0.750. The Labute approximate surface area is 172 Å². The Morgan fingerprint density at radius 1 is 1.21 bits per heavy atom. The van der Waals surface area contributed by atoms with Gasteiger partial charge < -0.3 is 19.4 Å². The molecule has 0 bridgehead atoms. The summed E-state index contributed by atoms with van der Waals surface area (Å²) in [4.78, 5) is 44.5. The molecule has 1 saturated heterocycles. The Bertz CT molecular complexity index is 797. The van der Waals surface area contributed by atoms with Gasteiger partial charge >= 0.3 is 0 Å². The summed E-state index contributed by atoms with van der Waals surface area (Å²) in [6, 6.07) is 7.39. The van der Waals surface area contributed by atoms with E-state index in [2.05, 4.69) is 0 Å². The van der Waals surface area contributed by atoms with E-state index in [1.54, 1.807) is 23.9 Å². The molecule has 1 spiro atoms. The van der Waals surface area contributed by atoms with Gasteiger partial charge in [0.25, 0.3) is 5.91 Å². The van der Waals surface area contributed by atoms with Crippen LogP contribution < -0.4 is 0 Å². The van der Waals surface area contributed by atoms with Crippen molar-refractivity contribution in [3.05, 3.63) is 35.4 Å². The molecule has 1 unspecified atom stereocenters. The lowest BCUT2D eigenvalue weighted by Gasteiger charge is -2.56. The first-order valence-corrected chi connectivity index (χ1v) is 10.1. The van der Waals surface area contributed by atoms with E-state index in [1.165, 1.54) is 7.11 Å². The molecule has 1 aromatic carbocycles. The van der Waals surface area contributed by atoms with Crippen molar-refractivity contribution in [2.75, 3.05) is 40.9 Å². The molecule has 2 aliphatic rings. The number of methoxy groups -OCH3 is 1. The smallest absolute Gasteiger partial charge is 0.254 e. The van der Waals surface area contributed by atoms with Gasteiger partial charge in [-0.2, -0.15) is 0 Å². The largest absolute Gasteiger partial charge is 0.375 e. The lowest BCUT2D eigenvalue weighted by molar-refractivity contribution is -0.141. The van der Waals surface area contributed by atoms with E-state index in [-0.39, 0.29) is 30.4 Å². The van der Waals surface area contributed by atoms with Crippen molar-refractivity contribution in [3.63, 3.8) is 0 Å². The van der Waals surface area contributed by atoms with Crippen molar-refractivity contribution >= 4 is 17.7 Å². The van der Waals surface area contributed by atoms with Crippen LogP contribution in [0.1, 0.15) is 48.5 Å². The molecule has 0 saturated carbocycles. The number of hydrogen-bond acceptors (Lipinski definition) is 4. The predicted molar refractivity (Wildman–Crippen MR) is 110 cm³/mol. The summed E-state index contributed by atoms with van der Waals surface area (Å²) in [7, 11) is 5.02. The number of ether oxygens (including phenoxy) is 1. The van der Waals surface area contributed by atoms with Crippen LogP contribution in [0.2, 0.25) is 0 Å². The van der Waals surface area contributed by atoms with Gasteiger partial charge in [-0.05, 0) is 38.3 Å². The molecule has 0 N–H and O–H groups in total. The number of likely N-dealkylation sites (N-methyl/N-ethyl adjacent to an activating group) is 1. The first-order chi connectivity index (χ1) is 13.7. The maximum absolute atomic E-state index is 13.5. The monoisotopic (exact) mass is 401 g/mol. The Hall–Kier alpha value is -2.41. The molecule has 3 rings (SSSR count). The van der Waals surface area contributed by atoms with Gasteiger partial charge in [-0.15, -0.1) is 0 Å². The topological polar surface area (TPSA) is 70.2 Å². The highest BCUT2D eigenvalue weighted by atomic mass is 16.5. The predicted octanol–water partition coefficient (Wildman–Crippen LogP) is 1.73. The number of benzene rings is 1. The second kappa shape index (κ2) is 8.14. The molecule has 2 heterocycles. The number of carbonyl (C=O) groups is 3. The summed E-state index contributed by atoms with van der Waals surface area (Å²) in [6.45, 7) is 5.03. The number of piperidine rings is 1. The maximum atomic E-state index is 13.5. The van der Waals surface area contributed by atoms with Crippen LogP contribution in [0, 0.1) is 0 Å². The van der Waals surface area contributed by atoms with Gasteiger partial charge in [0.2, 0.25) is 11.8 Å². The molecule has 29 heavy (non-hydrogen) atoms. The Morgan fingerprint density at radius 3 is 2.38 bits per heavy atom. The zero-order chi connectivity index (χ0) is 21.3. The molecule has 7 heteroatoms. The second-order valence-corrected chi connectivity index (χ2v) is 8.44. The van der Waals surface area contributed by atoms with E-state index in [0.717, 1.165) is 5.56 Å². The third kappa shape index (κ3) is 3.52. The van der Waals surface area contributed by atoms with Gasteiger partial charge in [-0.25, -0.2) is 0 Å². The van der Waals surface area contributed by atoms with Crippen molar-refractivity contribution in [2.24, 2.45) is 0 Å². The van der Waals surface area contributed by atoms with E-state index < -0.39 is 11.5 Å². The van der Waals surface area contributed by atoms with Gasteiger partial charge in [0.05, 0.1) is 11.5 Å². The average molecular weight is 402 g/mol. The minimum atomic E-state index is -0.648. The molecule has 1 fully saturated rings. The Morgan fingerprint density at radius 2 is 1.83 bits per heavy atom. The van der Waals surface area contributed by atoms with E-state index in [9.17, 15) is 14.4 Å². The van der Waals surface area contributed by atoms with Crippen LogP contribution in [0.3, 0.4) is 0 Å². The SMILES string of the molecule is COCC(=O)N1CCC2(CC1)C(C(=O)N(C)C)c1ccccc1C(=O)N2C(C)C. The van der Waals surface area contributed by atoms with Gasteiger partial charge in [0.1, 0.15) is 6.61 Å². The van der Waals surface area contributed by atoms with E-state index in [0.29, 0.717) is 31.5 Å². The highest BCUT2D eigenvalue weighted by Crippen LogP contribution is 2.48. The molecule has 3 amide bonds. The fourth-order valence-electron chi connectivity index (χ4n) is 4.96. The number of nitrogens with zero attached hydrogens (tertiary/aromatic N) is 3. The fourth-order valence-corrected chi connectivity index (χ4v) is 4.96. The minimum absolute atomic E-state index is 0.00716. The summed E-state index contributed by atoms with van der Waals surface area (Å²) in [5, 5.41) is 0. The van der Waals surface area contributed by atoms with Crippen molar-refractivity contribution in [3.8, 4) is 0 Å². The van der Waals surface area contributed by atoms with Gasteiger partial charge in [-0.3, -0.25) is 14.4 Å². The highest BCUT2D eigenvalue weighted by molar-refractivity contribution is 6.02. The van der Waals surface area contributed by atoms with Crippen LogP contribution in [0.15, 0.2) is 24.3 Å². The lowest BCUT2D eigenvalue weighted by Crippen LogP contribution is -2.67. The summed E-state index contributed by atoms with van der Waals surface area (Å²) in [6.07, 6.45) is 1.12. The van der Waals surface area contributed by atoms with E-state index in [4.69, 9.17) is 4.74 Å². The Kier molecular flexibility index (Phi) is 5.98. The molecule has 2 aliphatic heterocycles. The number of hydrogen-bond donors (Lipinski definition) is 0. The quantitative estimate of drug-likeness (QED) is 0.771. The molecule has 1 aromatic rings. The summed E-state index contributed by atoms with van der Waals surface area (Å²) in [5.74, 6) is -0.549. The van der Waals surface area contributed by atoms with Crippen LogP contribution >= 0.6 is 0 Å². The second-order valence-electron chi connectivity index (χ2n) is 8.44. The van der Waals surface area contributed by atoms with Crippen LogP contribution in [-0.4, -0.2) is 84.9 Å². The minimum Gasteiger partial charge on any atom is -0.375 e. The molecule has 158 valence electrons. The van der Waals surface area contributed by atoms with Gasteiger partial charge in [0, 0.05) is 45.9 Å². The van der Waals surface area contributed by atoms with Gasteiger partial charge in [0.15, 0.2) is 0 Å². The zero-order valence-electron chi connectivity index (χ0n) is 18.0. The van der Waals surface area contributed by atoms with Crippen molar-refractivity contribution in [1.29, 1.82) is 0 Å². The number of rotatable bonds is 4. The third-order valence-corrected chi connectivity index (χ3v) is 6.19. The molecular formula is C22H31N3O4. The van der Waals surface area contributed by atoms with Gasteiger partial charge in [-0.1, -0.05) is 18.2 Å². The van der Waals surface area contributed by atoms with E-state index in [1.807, 2.05) is 43.0 Å². The maximum Gasteiger partial charge on any atom is 0.254 e. The number of likely N-dealkylation sites (tertiary alicyclic amines) is 1. The summed E-state index contributed by atoms with van der Waals surface area (Å²) >= 11 is 0. The third-order valence-electron chi connectivity index (χ3n) is 6.19. The van der Waals surface area contributed by atoms with Crippen molar-refractivity contribution < 1.29 is 19.1 Å². The number of carbonyl (C=O) groups excluding carboxylic acids is 3. The molecule has 0 aromatic heterocycles. The molecule has 0 radical (unpaired) electrons. The average Bonchev–Trinajstić information content (AvgIpc) is 2.68. The molecular weight excluding hydrogens is 370 g/mol. The first-order valence-electron chi connectivity index (χ1n) is 10.1. The number of fused-ring (bicyclic) bond motifs is 1. The van der Waals surface area contributed by atoms with Crippen molar-refractivity contribution in [1.82, 2.24) is 14.7 Å². The van der Waals surface area contributed by atoms with E-state index >= 15 is 0 Å². The fraction of sp³-hybridized carbons (Fsp3) is 0.591. The molecule has 7 nitrogen and oxygen atoms in total. The van der Waals surface area contributed by atoms with Crippen LogP contribution in [0.5, 0.6) is 0 Å². The van der Waals surface area contributed by atoms with Crippen LogP contribution in [-0.2, 0) is 14.3 Å². The molecule has 0 aliphatic carbocycles. The zero-order valence-corrected chi connectivity index (χ0v) is 18.0. The van der Waals surface area contributed by atoms with Crippen molar-refractivity contribution in [2.45, 2.75) is 44.2 Å². The molecule has 1 atom stereocenters. The first kappa shape index (κ1) is 21.3. The highest BCUT2D eigenvalue weighted by Gasteiger charge is 2.56. The number of amides is 3. The normalized spacial score (nSPS) is 20.8. The van der Waals surface area contributed by atoms with Crippen LogP contribution in [0.25, 0.3) is 0 Å². The van der Waals surface area contributed by atoms with Crippen LogP contribution in [0.4, 0.5) is 0 Å².